The zero-order valence-electron chi connectivity index (χ0n) is 10.3. The standard InChI is InChI=1S/C13H18BrF2N/c1-3-5-8-17(4-2)9-10-12(15)7-6-11(14)13(10)16/h6-7H,3-5,8-9H2,1-2H3. The lowest BCUT2D eigenvalue weighted by Crippen LogP contribution is -2.25. The fourth-order valence-electron chi connectivity index (χ4n) is 1.67. The molecule has 0 heterocycles. The minimum Gasteiger partial charge on any atom is -0.299 e. The summed E-state index contributed by atoms with van der Waals surface area (Å²) in [4.78, 5) is 2.05. The second kappa shape index (κ2) is 7.07. The molecule has 0 saturated carbocycles. The van der Waals surface area contributed by atoms with Crippen LogP contribution in [0.1, 0.15) is 32.3 Å². The first-order chi connectivity index (χ1) is 8.10. The van der Waals surface area contributed by atoms with Crippen molar-refractivity contribution in [3.63, 3.8) is 0 Å². The summed E-state index contributed by atoms with van der Waals surface area (Å²) in [6.07, 6.45) is 2.13. The molecule has 0 N–H and O–H groups in total. The summed E-state index contributed by atoms with van der Waals surface area (Å²) >= 11 is 3.08. The van der Waals surface area contributed by atoms with Crippen LogP contribution >= 0.6 is 15.9 Å². The van der Waals surface area contributed by atoms with Crippen LogP contribution in [-0.4, -0.2) is 18.0 Å². The molecular formula is C13H18BrF2N. The molecule has 1 aromatic rings. The molecule has 0 unspecified atom stereocenters. The van der Waals surface area contributed by atoms with Crippen molar-refractivity contribution >= 4 is 15.9 Å². The van der Waals surface area contributed by atoms with Crippen LogP contribution in [0.2, 0.25) is 0 Å². The molecule has 1 aromatic carbocycles. The number of nitrogens with zero attached hydrogens (tertiary/aromatic N) is 1. The van der Waals surface area contributed by atoms with Crippen LogP contribution in [0.5, 0.6) is 0 Å². The Morgan fingerprint density at radius 1 is 1.24 bits per heavy atom. The molecule has 0 radical (unpaired) electrons. The monoisotopic (exact) mass is 305 g/mol. The van der Waals surface area contributed by atoms with E-state index in [1.165, 1.54) is 12.1 Å². The van der Waals surface area contributed by atoms with E-state index in [4.69, 9.17) is 0 Å². The van der Waals surface area contributed by atoms with Crippen LogP contribution < -0.4 is 0 Å². The third-order valence-electron chi connectivity index (χ3n) is 2.80. The molecule has 0 aliphatic heterocycles. The Balaban J connectivity index is 2.81. The van der Waals surface area contributed by atoms with E-state index in [1.807, 2.05) is 6.92 Å². The Labute approximate surface area is 110 Å². The van der Waals surface area contributed by atoms with Crippen LogP contribution in [0, 0.1) is 11.6 Å². The smallest absolute Gasteiger partial charge is 0.144 e. The van der Waals surface area contributed by atoms with Crippen LogP contribution in [-0.2, 0) is 6.54 Å². The van der Waals surface area contributed by atoms with Gasteiger partial charge in [0.05, 0.1) is 4.47 Å². The van der Waals surface area contributed by atoms with Crippen LogP contribution in [0.15, 0.2) is 16.6 Å². The van der Waals surface area contributed by atoms with Crippen molar-refractivity contribution in [2.24, 2.45) is 0 Å². The Morgan fingerprint density at radius 3 is 2.53 bits per heavy atom. The van der Waals surface area contributed by atoms with Crippen molar-refractivity contribution < 1.29 is 8.78 Å². The maximum atomic E-state index is 13.8. The van der Waals surface area contributed by atoms with Gasteiger partial charge in [0.15, 0.2) is 0 Å². The van der Waals surface area contributed by atoms with Gasteiger partial charge in [-0.15, -0.1) is 0 Å². The maximum absolute atomic E-state index is 13.8. The second-order valence-corrected chi connectivity index (χ2v) is 4.90. The van der Waals surface area contributed by atoms with Gasteiger partial charge < -0.3 is 0 Å². The van der Waals surface area contributed by atoms with Gasteiger partial charge in [0.25, 0.3) is 0 Å². The minimum absolute atomic E-state index is 0.150. The van der Waals surface area contributed by atoms with E-state index in [0.29, 0.717) is 11.0 Å². The highest BCUT2D eigenvalue weighted by atomic mass is 79.9. The highest BCUT2D eigenvalue weighted by molar-refractivity contribution is 9.10. The molecule has 0 aliphatic carbocycles. The molecule has 0 saturated heterocycles. The predicted molar refractivity (Wildman–Crippen MR) is 69.9 cm³/mol. The number of hydrogen-bond acceptors (Lipinski definition) is 1. The third kappa shape index (κ3) is 4.03. The zero-order chi connectivity index (χ0) is 12.8. The number of hydrogen-bond donors (Lipinski definition) is 0. The van der Waals surface area contributed by atoms with Crippen LogP contribution in [0.25, 0.3) is 0 Å². The van der Waals surface area contributed by atoms with Gasteiger partial charge in [0.1, 0.15) is 11.6 Å². The van der Waals surface area contributed by atoms with Crippen LogP contribution in [0.3, 0.4) is 0 Å². The molecule has 0 atom stereocenters. The molecule has 0 aliphatic rings. The Morgan fingerprint density at radius 2 is 1.94 bits per heavy atom. The molecule has 0 aromatic heterocycles. The summed E-state index contributed by atoms with van der Waals surface area (Å²) in [5, 5.41) is 0. The Hall–Kier alpha value is -0.480. The number of unbranched alkanes of at least 4 members (excludes halogenated alkanes) is 1. The summed E-state index contributed by atoms with van der Waals surface area (Å²) in [5.74, 6) is -0.958. The highest BCUT2D eigenvalue weighted by Gasteiger charge is 2.14. The summed E-state index contributed by atoms with van der Waals surface area (Å²) in [5.41, 5.74) is 0.150. The minimum atomic E-state index is -0.486. The first-order valence-electron chi connectivity index (χ1n) is 5.94. The lowest BCUT2D eigenvalue weighted by atomic mass is 10.1. The van der Waals surface area contributed by atoms with Crippen molar-refractivity contribution in [1.29, 1.82) is 0 Å². The first-order valence-corrected chi connectivity index (χ1v) is 6.74. The lowest BCUT2D eigenvalue weighted by Gasteiger charge is -2.21. The summed E-state index contributed by atoms with van der Waals surface area (Å²) < 4.78 is 27.6. The summed E-state index contributed by atoms with van der Waals surface area (Å²) in [7, 11) is 0. The normalized spacial score (nSPS) is 11.2. The average Bonchev–Trinajstić information content (AvgIpc) is 2.33. The quantitative estimate of drug-likeness (QED) is 0.706. The van der Waals surface area contributed by atoms with Crippen molar-refractivity contribution in [3.05, 3.63) is 33.8 Å². The molecule has 96 valence electrons. The fraction of sp³-hybridized carbons (Fsp3) is 0.538. The van der Waals surface area contributed by atoms with Gasteiger partial charge >= 0.3 is 0 Å². The Bertz CT molecular complexity index is 369. The van der Waals surface area contributed by atoms with Gasteiger partial charge in [-0.05, 0) is 47.6 Å². The summed E-state index contributed by atoms with van der Waals surface area (Å²) in [6, 6.07) is 2.70. The zero-order valence-corrected chi connectivity index (χ0v) is 11.9. The molecule has 0 fully saturated rings. The SMILES string of the molecule is CCCCN(CC)Cc1c(F)ccc(Br)c1F. The highest BCUT2D eigenvalue weighted by Crippen LogP contribution is 2.22. The van der Waals surface area contributed by atoms with E-state index in [1.54, 1.807) is 0 Å². The first kappa shape index (κ1) is 14.6. The van der Waals surface area contributed by atoms with Gasteiger partial charge in [0, 0.05) is 12.1 Å². The van der Waals surface area contributed by atoms with Gasteiger partial charge in [-0.2, -0.15) is 0 Å². The van der Waals surface area contributed by atoms with Gasteiger partial charge in [-0.25, -0.2) is 8.78 Å². The molecule has 0 bridgehead atoms. The van der Waals surface area contributed by atoms with Crippen molar-refractivity contribution in [1.82, 2.24) is 4.90 Å². The van der Waals surface area contributed by atoms with E-state index >= 15 is 0 Å². The molecule has 0 amide bonds. The van der Waals surface area contributed by atoms with Gasteiger partial charge in [0.2, 0.25) is 0 Å². The third-order valence-corrected chi connectivity index (χ3v) is 3.41. The van der Waals surface area contributed by atoms with Gasteiger partial charge in [-0.3, -0.25) is 4.90 Å². The largest absolute Gasteiger partial charge is 0.299 e. The van der Waals surface area contributed by atoms with Crippen molar-refractivity contribution in [2.45, 2.75) is 33.2 Å². The van der Waals surface area contributed by atoms with E-state index in [9.17, 15) is 8.78 Å². The lowest BCUT2D eigenvalue weighted by molar-refractivity contribution is 0.266. The van der Waals surface area contributed by atoms with Gasteiger partial charge in [-0.1, -0.05) is 20.3 Å². The number of benzene rings is 1. The molecule has 0 spiro atoms. The van der Waals surface area contributed by atoms with E-state index < -0.39 is 11.6 Å². The fourth-order valence-corrected chi connectivity index (χ4v) is 2.04. The molecular weight excluding hydrogens is 288 g/mol. The second-order valence-electron chi connectivity index (χ2n) is 4.04. The molecule has 1 rings (SSSR count). The molecule has 1 nitrogen and oxygen atoms in total. The van der Waals surface area contributed by atoms with E-state index in [0.717, 1.165) is 25.9 Å². The van der Waals surface area contributed by atoms with Crippen molar-refractivity contribution in [2.75, 3.05) is 13.1 Å². The average molecular weight is 306 g/mol. The molecule has 4 heteroatoms. The van der Waals surface area contributed by atoms with E-state index in [-0.39, 0.29) is 5.56 Å². The van der Waals surface area contributed by atoms with E-state index in [2.05, 4.69) is 27.8 Å². The van der Waals surface area contributed by atoms with Crippen LogP contribution in [0.4, 0.5) is 8.78 Å². The number of rotatable bonds is 6. The maximum Gasteiger partial charge on any atom is 0.144 e. The molecule has 17 heavy (non-hydrogen) atoms. The number of halogens is 3. The topological polar surface area (TPSA) is 3.24 Å². The van der Waals surface area contributed by atoms with Crippen molar-refractivity contribution in [3.8, 4) is 0 Å². The predicted octanol–water partition coefficient (Wildman–Crippen LogP) is 4.35. The summed E-state index contributed by atoms with van der Waals surface area (Å²) in [6.45, 7) is 6.11. The Kier molecular flexibility index (Phi) is 6.06.